The molecule has 0 aromatic rings. The first-order chi connectivity index (χ1) is 2.91. The van der Waals surface area contributed by atoms with Gasteiger partial charge >= 0.3 is 54.7 Å². The molecule has 0 aromatic carbocycles. The summed E-state index contributed by atoms with van der Waals surface area (Å²) in [6.45, 7) is 2.25. The fraction of sp³-hybridized carbons (Fsp3) is 1.00. The summed E-state index contributed by atoms with van der Waals surface area (Å²) in [4.78, 5) is 0. The van der Waals surface area contributed by atoms with Crippen molar-refractivity contribution in [1.29, 1.82) is 0 Å². The van der Waals surface area contributed by atoms with Gasteiger partial charge in [-0.15, -0.1) is 0 Å². The van der Waals surface area contributed by atoms with Gasteiger partial charge in [-0.05, 0) is 0 Å². The molecule has 34 valence electrons. The second-order valence-corrected chi connectivity index (χ2v) is 3.14. The molecule has 0 amide bonds. The first kappa shape index (κ1) is 6.87. The summed E-state index contributed by atoms with van der Waals surface area (Å²) < 4.78 is 1.48. The van der Waals surface area contributed by atoms with E-state index in [9.17, 15) is 0 Å². The van der Waals surface area contributed by atoms with Crippen molar-refractivity contribution in [3.63, 3.8) is 0 Å². The van der Waals surface area contributed by atoms with Crippen molar-refractivity contribution in [3.05, 3.63) is 0 Å². The van der Waals surface area contributed by atoms with Gasteiger partial charge < -0.3 is 0 Å². The van der Waals surface area contributed by atoms with E-state index < -0.39 is 0 Å². The van der Waals surface area contributed by atoms with E-state index in [1.54, 1.807) is 0 Å². The summed E-state index contributed by atoms with van der Waals surface area (Å²) in [5, 5.41) is 0. The molecule has 0 fully saturated rings. The molecular formula is C5H11In. The molecule has 0 unspecified atom stereocenters. The van der Waals surface area contributed by atoms with Gasteiger partial charge in [0.15, 0.2) is 0 Å². The summed E-state index contributed by atoms with van der Waals surface area (Å²) in [5.41, 5.74) is 0. The molecule has 0 aliphatic rings. The summed E-state index contributed by atoms with van der Waals surface area (Å²) in [5.74, 6) is 0. The van der Waals surface area contributed by atoms with Gasteiger partial charge in [0.2, 0.25) is 0 Å². The molecule has 0 atom stereocenters. The van der Waals surface area contributed by atoms with Gasteiger partial charge in [-0.1, -0.05) is 0 Å². The Labute approximate surface area is 54.9 Å². The predicted octanol–water partition coefficient (Wildman–Crippen LogP) is 1.76. The van der Waals surface area contributed by atoms with E-state index in [0.29, 0.717) is 0 Å². The van der Waals surface area contributed by atoms with Crippen LogP contribution < -0.4 is 0 Å². The van der Waals surface area contributed by atoms with Gasteiger partial charge in [-0.3, -0.25) is 0 Å². The van der Waals surface area contributed by atoms with Gasteiger partial charge in [-0.25, -0.2) is 0 Å². The van der Waals surface area contributed by atoms with Crippen LogP contribution in [-0.4, -0.2) is 24.4 Å². The van der Waals surface area contributed by atoms with E-state index in [1.807, 2.05) is 0 Å². The Morgan fingerprint density at radius 3 is 2.17 bits per heavy atom. The van der Waals surface area contributed by atoms with Gasteiger partial charge in [0, 0.05) is 0 Å². The van der Waals surface area contributed by atoms with Crippen molar-refractivity contribution in [2.24, 2.45) is 0 Å². The van der Waals surface area contributed by atoms with Crippen molar-refractivity contribution in [1.82, 2.24) is 0 Å². The molecule has 0 aliphatic carbocycles. The Kier molecular flexibility index (Phi) is 6.72. The van der Waals surface area contributed by atoms with E-state index in [2.05, 4.69) is 6.92 Å². The SMILES string of the molecule is CCCC[CH2][In]. The van der Waals surface area contributed by atoms with Crippen molar-refractivity contribution in [2.75, 3.05) is 0 Å². The summed E-state index contributed by atoms with van der Waals surface area (Å²) in [6, 6.07) is 0. The van der Waals surface area contributed by atoms with Crippen LogP contribution in [0, 0.1) is 0 Å². The van der Waals surface area contributed by atoms with Crippen molar-refractivity contribution in [3.8, 4) is 0 Å². The van der Waals surface area contributed by atoms with E-state index in [-0.39, 0.29) is 0 Å². The molecule has 0 aliphatic heterocycles. The van der Waals surface area contributed by atoms with Gasteiger partial charge in [-0.2, -0.15) is 0 Å². The van der Waals surface area contributed by atoms with Crippen LogP contribution >= 0.6 is 0 Å². The molecule has 0 nitrogen and oxygen atoms in total. The zero-order chi connectivity index (χ0) is 4.83. The molecule has 0 spiro atoms. The minimum atomic E-state index is 1.38. The fourth-order valence-electron chi connectivity index (χ4n) is 0.394. The zero-order valence-corrected chi connectivity index (χ0v) is 7.70. The molecule has 6 heavy (non-hydrogen) atoms. The molecule has 0 heterocycles. The summed E-state index contributed by atoms with van der Waals surface area (Å²) in [6.07, 6.45) is 4.29. The second kappa shape index (κ2) is 5.87. The van der Waals surface area contributed by atoms with Crippen LogP contribution in [0.4, 0.5) is 0 Å². The molecule has 0 bridgehead atoms. The standard InChI is InChI=1S/C5H11.In/c1-3-5-4-2;/h1,3-5H2,2H3;. The first-order valence-electron chi connectivity index (χ1n) is 2.62. The maximum absolute atomic E-state index is 2.25. The van der Waals surface area contributed by atoms with Gasteiger partial charge in [0.05, 0.1) is 0 Å². The van der Waals surface area contributed by atoms with Crippen molar-refractivity contribution >= 4 is 24.4 Å². The topological polar surface area (TPSA) is 0 Å². The Hall–Kier alpha value is 0.870. The van der Waals surface area contributed by atoms with E-state index in [4.69, 9.17) is 0 Å². The molecule has 1 heteroatoms. The van der Waals surface area contributed by atoms with Crippen LogP contribution in [0.1, 0.15) is 26.2 Å². The third-order valence-electron chi connectivity index (χ3n) is 0.808. The Morgan fingerprint density at radius 1 is 1.33 bits per heavy atom. The van der Waals surface area contributed by atoms with Crippen LogP contribution in [0.2, 0.25) is 4.18 Å². The first-order valence-corrected chi connectivity index (χ1v) is 4.95. The van der Waals surface area contributed by atoms with Crippen LogP contribution in [0.3, 0.4) is 0 Å². The van der Waals surface area contributed by atoms with Gasteiger partial charge in [0.1, 0.15) is 0 Å². The maximum atomic E-state index is 2.25. The average molecular weight is 186 g/mol. The summed E-state index contributed by atoms with van der Waals surface area (Å²) >= 11 is 1.46. The van der Waals surface area contributed by atoms with Crippen LogP contribution in [0.25, 0.3) is 0 Å². The number of rotatable bonds is 3. The molecule has 0 saturated carbocycles. The molecule has 0 rings (SSSR count). The number of hydrogen-bond acceptors (Lipinski definition) is 0. The third-order valence-corrected chi connectivity index (χ3v) is 1.97. The minimum absolute atomic E-state index is 1.38. The average Bonchev–Trinajstić information content (AvgIpc) is 1.61. The summed E-state index contributed by atoms with van der Waals surface area (Å²) in [7, 11) is 0. The van der Waals surface area contributed by atoms with Crippen molar-refractivity contribution in [2.45, 2.75) is 30.4 Å². The molecule has 0 N–H and O–H groups in total. The number of hydrogen-bond donors (Lipinski definition) is 0. The van der Waals surface area contributed by atoms with E-state index in [1.165, 1.54) is 47.8 Å². The monoisotopic (exact) mass is 186 g/mol. The molecule has 0 aromatic heterocycles. The molecular weight excluding hydrogens is 175 g/mol. The quantitative estimate of drug-likeness (QED) is 0.589. The molecule has 2 radical (unpaired) electrons. The Morgan fingerprint density at radius 2 is 2.00 bits per heavy atom. The van der Waals surface area contributed by atoms with E-state index in [0.717, 1.165) is 0 Å². The van der Waals surface area contributed by atoms with Gasteiger partial charge in [0.25, 0.3) is 0 Å². The van der Waals surface area contributed by atoms with E-state index >= 15 is 0 Å². The van der Waals surface area contributed by atoms with Crippen LogP contribution in [0.5, 0.6) is 0 Å². The zero-order valence-electron chi connectivity index (χ0n) is 4.41. The second-order valence-electron chi connectivity index (χ2n) is 1.50. The van der Waals surface area contributed by atoms with Crippen LogP contribution in [-0.2, 0) is 0 Å². The van der Waals surface area contributed by atoms with Crippen LogP contribution in [0.15, 0.2) is 0 Å². The normalized spacial score (nSPS) is 8.83. The van der Waals surface area contributed by atoms with Crippen molar-refractivity contribution < 1.29 is 0 Å². The Bertz CT molecular complexity index is 15.9. The molecule has 0 saturated heterocycles. The Balaban J connectivity index is 2.34. The predicted molar refractivity (Wildman–Crippen MR) is 30.1 cm³/mol. The number of unbranched alkanes of at least 4 members (excludes halogenated alkanes) is 2. The third kappa shape index (κ3) is 4.87. The fourth-order valence-corrected chi connectivity index (χ4v) is 1.22.